The second-order valence-corrected chi connectivity index (χ2v) is 6.59. The summed E-state index contributed by atoms with van der Waals surface area (Å²) in [5.74, 6) is 7.07. The quantitative estimate of drug-likeness (QED) is 0.808. The van der Waals surface area contributed by atoms with Gasteiger partial charge in [0, 0.05) is 30.9 Å². The largest absolute Gasteiger partial charge is 0.366 e. The number of thioether (sulfide) groups is 1. The van der Waals surface area contributed by atoms with Gasteiger partial charge in [0.05, 0.1) is 16.6 Å². The van der Waals surface area contributed by atoms with Gasteiger partial charge in [-0.05, 0) is 25.7 Å². The second kappa shape index (κ2) is 6.86. The van der Waals surface area contributed by atoms with Crippen LogP contribution in [0.3, 0.4) is 0 Å². The van der Waals surface area contributed by atoms with Crippen LogP contribution in [0.5, 0.6) is 0 Å². The summed E-state index contributed by atoms with van der Waals surface area (Å²) in [6.45, 7) is 4.25. The zero-order valence-electron chi connectivity index (χ0n) is 12.3. The van der Waals surface area contributed by atoms with E-state index in [1.54, 1.807) is 11.8 Å². The first-order valence-electron chi connectivity index (χ1n) is 7.52. The molecule has 0 bridgehead atoms. The molecule has 0 aromatic carbocycles. The third-order valence-corrected chi connectivity index (χ3v) is 4.52. The molecule has 2 aliphatic heterocycles. The highest BCUT2D eigenvalue weighted by molar-refractivity contribution is 8.02. The molecule has 1 aromatic heterocycles. The third-order valence-electron chi connectivity index (χ3n) is 3.62. The van der Waals surface area contributed by atoms with E-state index in [1.165, 1.54) is 25.7 Å². The molecule has 0 amide bonds. The molecule has 1 atom stereocenters. The molecule has 1 saturated heterocycles. The van der Waals surface area contributed by atoms with Gasteiger partial charge in [0.25, 0.3) is 0 Å². The standard InChI is InChI=1S/C16H20N4S/c1-13-19-15(12-21-13)7-6-14-10-17-16(18-11-14)20-8-4-2-3-5-9-20/h10-13,19H,2-5,8-9H2,1H3. The molecule has 5 heteroatoms. The molecule has 1 unspecified atom stereocenters. The Morgan fingerprint density at radius 3 is 2.48 bits per heavy atom. The summed E-state index contributed by atoms with van der Waals surface area (Å²) in [5.41, 5.74) is 1.84. The summed E-state index contributed by atoms with van der Waals surface area (Å²) in [5, 5.41) is 5.77. The number of anilines is 1. The molecular weight excluding hydrogens is 280 g/mol. The summed E-state index contributed by atoms with van der Waals surface area (Å²) in [6, 6.07) is 0. The van der Waals surface area contributed by atoms with Gasteiger partial charge in [0.2, 0.25) is 5.95 Å². The first kappa shape index (κ1) is 14.3. The summed E-state index contributed by atoms with van der Waals surface area (Å²) in [4.78, 5) is 11.2. The highest BCUT2D eigenvalue weighted by atomic mass is 32.2. The van der Waals surface area contributed by atoms with E-state index >= 15 is 0 Å². The van der Waals surface area contributed by atoms with E-state index in [4.69, 9.17) is 0 Å². The van der Waals surface area contributed by atoms with Gasteiger partial charge in [-0.3, -0.25) is 0 Å². The molecule has 1 aromatic rings. The van der Waals surface area contributed by atoms with Gasteiger partial charge >= 0.3 is 0 Å². The van der Waals surface area contributed by atoms with Crippen molar-refractivity contribution in [1.82, 2.24) is 15.3 Å². The first-order valence-corrected chi connectivity index (χ1v) is 8.47. The van der Waals surface area contributed by atoms with Gasteiger partial charge in [-0.25, -0.2) is 9.97 Å². The predicted molar refractivity (Wildman–Crippen MR) is 87.9 cm³/mol. The smallest absolute Gasteiger partial charge is 0.225 e. The number of nitrogens with one attached hydrogen (secondary N) is 1. The van der Waals surface area contributed by atoms with Gasteiger partial charge in [0.15, 0.2) is 0 Å². The number of nitrogens with zero attached hydrogens (tertiary/aromatic N) is 3. The topological polar surface area (TPSA) is 41.1 Å². The molecule has 1 fully saturated rings. The highest BCUT2D eigenvalue weighted by Gasteiger charge is 2.12. The molecular formula is C16H20N4S. The summed E-state index contributed by atoms with van der Waals surface area (Å²) < 4.78 is 0. The van der Waals surface area contributed by atoms with Crippen molar-refractivity contribution in [2.75, 3.05) is 18.0 Å². The molecule has 0 spiro atoms. The van der Waals surface area contributed by atoms with Gasteiger partial charge < -0.3 is 10.2 Å². The number of aromatic nitrogens is 2. The van der Waals surface area contributed by atoms with Gasteiger partial charge in [-0.2, -0.15) is 0 Å². The average Bonchev–Trinajstić information content (AvgIpc) is 2.76. The number of hydrogen-bond acceptors (Lipinski definition) is 5. The summed E-state index contributed by atoms with van der Waals surface area (Å²) in [7, 11) is 0. The zero-order valence-corrected chi connectivity index (χ0v) is 13.1. The monoisotopic (exact) mass is 300 g/mol. The minimum Gasteiger partial charge on any atom is -0.366 e. The molecule has 21 heavy (non-hydrogen) atoms. The Balaban J connectivity index is 1.65. The maximum Gasteiger partial charge on any atom is 0.225 e. The Morgan fingerprint density at radius 2 is 1.86 bits per heavy atom. The van der Waals surface area contributed by atoms with Gasteiger partial charge in [-0.15, -0.1) is 11.8 Å². The van der Waals surface area contributed by atoms with Crippen LogP contribution in [0.4, 0.5) is 5.95 Å². The lowest BCUT2D eigenvalue weighted by Gasteiger charge is -2.19. The normalized spacial score (nSPS) is 21.9. The second-order valence-electron chi connectivity index (χ2n) is 5.38. The molecule has 0 radical (unpaired) electrons. The van der Waals surface area contributed by atoms with Crippen LogP contribution in [0.1, 0.15) is 38.2 Å². The fraction of sp³-hybridized carbons (Fsp3) is 0.500. The van der Waals surface area contributed by atoms with E-state index in [1.807, 2.05) is 12.4 Å². The number of allylic oxidation sites excluding steroid dienone is 1. The van der Waals surface area contributed by atoms with Crippen molar-refractivity contribution < 1.29 is 0 Å². The van der Waals surface area contributed by atoms with Gasteiger partial charge in [0.1, 0.15) is 0 Å². The molecule has 0 saturated carbocycles. The third kappa shape index (κ3) is 3.92. The lowest BCUT2D eigenvalue weighted by atomic mass is 10.2. The predicted octanol–water partition coefficient (Wildman–Crippen LogP) is 2.73. The van der Waals surface area contributed by atoms with Crippen LogP contribution in [0.15, 0.2) is 23.5 Å². The Hall–Kier alpha value is -1.67. The lowest BCUT2D eigenvalue weighted by molar-refractivity contribution is 0.726. The van der Waals surface area contributed by atoms with Crippen molar-refractivity contribution in [3.05, 3.63) is 29.1 Å². The van der Waals surface area contributed by atoms with Crippen LogP contribution in [-0.4, -0.2) is 28.4 Å². The molecule has 4 nitrogen and oxygen atoms in total. The maximum absolute atomic E-state index is 4.47. The van der Waals surface area contributed by atoms with E-state index in [0.29, 0.717) is 5.37 Å². The molecule has 3 heterocycles. The fourth-order valence-corrected chi connectivity index (χ4v) is 3.14. The minimum atomic E-state index is 0.413. The van der Waals surface area contributed by atoms with Crippen LogP contribution in [0.2, 0.25) is 0 Å². The Morgan fingerprint density at radius 1 is 1.14 bits per heavy atom. The van der Waals surface area contributed by atoms with E-state index < -0.39 is 0 Å². The molecule has 2 aliphatic rings. The van der Waals surface area contributed by atoms with Crippen molar-refractivity contribution in [3.8, 4) is 11.8 Å². The van der Waals surface area contributed by atoms with Crippen LogP contribution in [-0.2, 0) is 0 Å². The molecule has 0 aliphatic carbocycles. The van der Waals surface area contributed by atoms with Crippen LogP contribution >= 0.6 is 11.8 Å². The highest BCUT2D eigenvalue weighted by Crippen LogP contribution is 2.19. The van der Waals surface area contributed by atoms with Crippen LogP contribution in [0, 0.1) is 11.8 Å². The summed E-state index contributed by atoms with van der Waals surface area (Å²) >= 11 is 1.75. The van der Waals surface area contributed by atoms with E-state index in [-0.39, 0.29) is 0 Å². The number of rotatable bonds is 1. The molecule has 1 N–H and O–H groups in total. The number of hydrogen-bond donors (Lipinski definition) is 1. The molecule has 110 valence electrons. The van der Waals surface area contributed by atoms with Crippen LogP contribution in [0.25, 0.3) is 0 Å². The van der Waals surface area contributed by atoms with E-state index in [9.17, 15) is 0 Å². The minimum absolute atomic E-state index is 0.413. The van der Waals surface area contributed by atoms with Gasteiger partial charge in [-0.1, -0.05) is 18.8 Å². The first-order chi connectivity index (χ1) is 10.3. The van der Waals surface area contributed by atoms with E-state index in [2.05, 4.69) is 44.4 Å². The maximum atomic E-state index is 4.47. The fourth-order valence-electron chi connectivity index (χ4n) is 2.48. The average molecular weight is 300 g/mol. The van der Waals surface area contributed by atoms with E-state index in [0.717, 1.165) is 30.3 Å². The van der Waals surface area contributed by atoms with Crippen molar-refractivity contribution in [1.29, 1.82) is 0 Å². The Labute approximate surface area is 130 Å². The Kier molecular flexibility index (Phi) is 4.66. The molecule has 3 rings (SSSR count). The van der Waals surface area contributed by atoms with Crippen molar-refractivity contribution in [2.24, 2.45) is 0 Å². The zero-order chi connectivity index (χ0) is 14.5. The van der Waals surface area contributed by atoms with Crippen LogP contribution < -0.4 is 10.2 Å². The lowest BCUT2D eigenvalue weighted by Crippen LogP contribution is -2.25. The van der Waals surface area contributed by atoms with Crippen molar-refractivity contribution in [2.45, 2.75) is 38.0 Å². The SMILES string of the molecule is CC1NC(C#Cc2cnc(N3CCCCCC3)nc2)=CS1. The van der Waals surface area contributed by atoms with Crippen molar-refractivity contribution in [3.63, 3.8) is 0 Å². The Bertz CT molecular complexity index is 562. The summed E-state index contributed by atoms with van der Waals surface area (Å²) in [6.07, 6.45) is 8.76. The van der Waals surface area contributed by atoms with Crippen molar-refractivity contribution >= 4 is 17.7 Å².